The Bertz CT molecular complexity index is 458. The second kappa shape index (κ2) is 5.14. The molecule has 1 fully saturated rings. The fourth-order valence-electron chi connectivity index (χ4n) is 3.23. The molecule has 3 heteroatoms. The number of ether oxygens (including phenoxy) is 1. The average Bonchev–Trinajstić information content (AvgIpc) is 2.96. The fraction of sp³-hybridized carbons (Fsp3) is 0.625. The van der Waals surface area contributed by atoms with E-state index in [0.29, 0.717) is 12.2 Å². The van der Waals surface area contributed by atoms with E-state index in [0.717, 1.165) is 19.5 Å². The van der Waals surface area contributed by atoms with E-state index in [-0.39, 0.29) is 6.04 Å². The third-order valence-electron chi connectivity index (χ3n) is 4.37. The van der Waals surface area contributed by atoms with Crippen LogP contribution >= 0.6 is 0 Å². The van der Waals surface area contributed by atoms with Gasteiger partial charge in [-0.2, -0.15) is 0 Å². The first-order valence-electron chi connectivity index (χ1n) is 7.42. The molecule has 2 N–H and O–H groups in total. The number of fused-ring (bicyclic) bond motifs is 1. The van der Waals surface area contributed by atoms with Crippen molar-refractivity contribution in [3.63, 3.8) is 0 Å². The first-order chi connectivity index (χ1) is 9.13. The molecule has 2 aliphatic heterocycles. The SMILES string of the molecule is CC1CCC(CN2CCc3cc(C(C)N)ccc32)O1. The topological polar surface area (TPSA) is 38.5 Å². The molecule has 0 spiro atoms. The van der Waals surface area contributed by atoms with Crippen molar-refractivity contribution in [3.05, 3.63) is 29.3 Å². The highest BCUT2D eigenvalue weighted by Gasteiger charge is 2.27. The van der Waals surface area contributed by atoms with Crippen molar-refractivity contribution in [2.24, 2.45) is 5.73 Å². The number of nitrogens with zero attached hydrogens (tertiary/aromatic N) is 1. The average molecular weight is 260 g/mol. The van der Waals surface area contributed by atoms with Gasteiger partial charge in [0, 0.05) is 24.8 Å². The van der Waals surface area contributed by atoms with Gasteiger partial charge >= 0.3 is 0 Å². The van der Waals surface area contributed by atoms with Crippen LogP contribution in [0.4, 0.5) is 5.69 Å². The van der Waals surface area contributed by atoms with E-state index in [4.69, 9.17) is 10.5 Å². The Morgan fingerprint density at radius 2 is 2.26 bits per heavy atom. The Labute approximate surface area is 115 Å². The van der Waals surface area contributed by atoms with E-state index in [1.165, 1.54) is 29.7 Å². The van der Waals surface area contributed by atoms with Crippen LogP contribution in [0.3, 0.4) is 0 Å². The summed E-state index contributed by atoms with van der Waals surface area (Å²) >= 11 is 0. The Balaban J connectivity index is 1.71. The predicted molar refractivity (Wildman–Crippen MR) is 78.5 cm³/mol. The highest BCUT2D eigenvalue weighted by molar-refractivity contribution is 5.59. The lowest BCUT2D eigenvalue weighted by Gasteiger charge is -2.23. The van der Waals surface area contributed by atoms with Crippen LogP contribution in [0.2, 0.25) is 0 Å². The summed E-state index contributed by atoms with van der Waals surface area (Å²) in [6.45, 7) is 6.37. The van der Waals surface area contributed by atoms with E-state index in [9.17, 15) is 0 Å². The molecule has 3 nitrogen and oxygen atoms in total. The summed E-state index contributed by atoms with van der Waals surface area (Å²) in [5.74, 6) is 0. The zero-order chi connectivity index (χ0) is 13.4. The predicted octanol–water partition coefficient (Wildman–Crippen LogP) is 2.64. The minimum atomic E-state index is 0.123. The van der Waals surface area contributed by atoms with Gasteiger partial charge in [-0.1, -0.05) is 12.1 Å². The van der Waals surface area contributed by atoms with Gasteiger partial charge in [0.15, 0.2) is 0 Å². The number of hydrogen-bond acceptors (Lipinski definition) is 3. The molecule has 2 heterocycles. The maximum Gasteiger partial charge on any atom is 0.0754 e. The number of benzene rings is 1. The lowest BCUT2D eigenvalue weighted by molar-refractivity contribution is 0.0602. The smallest absolute Gasteiger partial charge is 0.0754 e. The van der Waals surface area contributed by atoms with Crippen molar-refractivity contribution >= 4 is 5.69 Å². The number of hydrogen-bond donors (Lipinski definition) is 1. The van der Waals surface area contributed by atoms with Crippen molar-refractivity contribution in [1.82, 2.24) is 0 Å². The minimum absolute atomic E-state index is 0.123. The van der Waals surface area contributed by atoms with Crippen molar-refractivity contribution in [3.8, 4) is 0 Å². The molecule has 0 amide bonds. The van der Waals surface area contributed by atoms with Crippen LogP contribution in [-0.2, 0) is 11.2 Å². The van der Waals surface area contributed by atoms with Gasteiger partial charge in [0.25, 0.3) is 0 Å². The maximum absolute atomic E-state index is 5.96. The summed E-state index contributed by atoms with van der Waals surface area (Å²) in [6, 6.07) is 6.80. The standard InChI is InChI=1S/C16H24N2O/c1-11-3-5-15(19-11)10-18-8-7-14-9-13(12(2)17)4-6-16(14)18/h4,6,9,11-12,15H,3,5,7-8,10,17H2,1-2H3. The minimum Gasteiger partial charge on any atom is -0.373 e. The van der Waals surface area contributed by atoms with Gasteiger partial charge in [-0.25, -0.2) is 0 Å². The Morgan fingerprint density at radius 3 is 2.95 bits per heavy atom. The molecule has 19 heavy (non-hydrogen) atoms. The molecule has 1 aromatic rings. The van der Waals surface area contributed by atoms with Gasteiger partial charge in [0.05, 0.1) is 12.2 Å². The molecule has 0 bridgehead atoms. The number of anilines is 1. The largest absolute Gasteiger partial charge is 0.373 e. The van der Waals surface area contributed by atoms with E-state index in [1.807, 2.05) is 6.92 Å². The summed E-state index contributed by atoms with van der Waals surface area (Å²) in [5, 5.41) is 0. The second-order valence-corrected chi connectivity index (χ2v) is 6.02. The molecular weight excluding hydrogens is 236 g/mol. The summed E-state index contributed by atoms with van der Waals surface area (Å²) < 4.78 is 5.94. The molecule has 3 atom stereocenters. The Morgan fingerprint density at radius 1 is 1.42 bits per heavy atom. The van der Waals surface area contributed by atoms with Crippen LogP contribution in [0, 0.1) is 0 Å². The van der Waals surface area contributed by atoms with Gasteiger partial charge in [0.2, 0.25) is 0 Å². The van der Waals surface area contributed by atoms with E-state index >= 15 is 0 Å². The molecular formula is C16H24N2O. The van der Waals surface area contributed by atoms with Crippen molar-refractivity contribution in [2.75, 3.05) is 18.0 Å². The van der Waals surface area contributed by atoms with Crippen LogP contribution < -0.4 is 10.6 Å². The molecule has 104 valence electrons. The van der Waals surface area contributed by atoms with Crippen molar-refractivity contribution in [1.29, 1.82) is 0 Å². The molecule has 2 aliphatic rings. The van der Waals surface area contributed by atoms with E-state index in [1.54, 1.807) is 0 Å². The van der Waals surface area contributed by atoms with E-state index < -0.39 is 0 Å². The molecule has 3 rings (SSSR count). The van der Waals surface area contributed by atoms with Crippen LogP contribution in [0.15, 0.2) is 18.2 Å². The monoisotopic (exact) mass is 260 g/mol. The van der Waals surface area contributed by atoms with Gasteiger partial charge in [-0.05, 0) is 50.3 Å². The second-order valence-electron chi connectivity index (χ2n) is 6.02. The first-order valence-corrected chi connectivity index (χ1v) is 7.42. The summed E-state index contributed by atoms with van der Waals surface area (Å²) in [5.41, 5.74) is 10.0. The summed E-state index contributed by atoms with van der Waals surface area (Å²) in [4.78, 5) is 2.48. The van der Waals surface area contributed by atoms with Crippen LogP contribution in [0.1, 0.15) is 43.9 Å². The molecule has 0 aliphatic carbocycles. The van der Waals surface area contributed by atoms with Crippen molar-refractivity contribution < 1.29 is 4.74 Å². The fourth-order valence-corrected chi connectivity index (χ4v) is 3.23. The Kier molecular flexibility index (Phi) is 3.50. The quantitative estimate of drug-likeness (QED) is 0.908. The van der Waals surface area contributed by atoms with Gasteiger partial charge in [0.1, 0.15) is 0 Å². The van der Waals surface area contributed by atoms with Gasteiger partial charge in [-0.3, -0.25) is 0 Å². The third kappa shape index (κ3) is 2.63. The van der Waals surface area contributed by atoms with Gasteiger partial charge in [-0.15, -0.1) is 0 Å². The Hall–Kier alpha value is -1.06. The molecule has 0 saturated carbocycles. The highest BCUT2D eigenvalue weighted by atomic mass is 16.5. The normalized spacial score (nSPS) is 27.6. The lowest BCUT2D eigenvalue weighted by Crippen LogP contribution is -2.31. The zero-order valence-corrected chi connectivity index (χ0v) is 11.9. The van der Waals surface area contributed by atoms with Crippen LogP contribution in [-0.4, -0.2) is 25.3 Å². The summed E-state index contributed by atoms with van der Waals surface area (Å²) in [7, 11) is 0. The highest BCUT2D eigenvalue weighted by Crippen LogP contribution is 2.31. The molecule has 0 aromatic heterocycles. The number of nitrogens with two attached hydrogens (primary N) is 1. The molecule has 0 radical (unpaired) electrons. The van der Waals surface area contributed by atoms with Crippen LogP contribution in [0.25, 0.3) is 0 Å². The molecule has 1 aromatic carbocycles. The maximum atomic E-state index is 5.96. The third-order valence-corrected chi connectivity index (χ3v) is 4.37. The van der Waals surface area contributed by atoms with E-state index in [2.05, 4.69) is 30.0 Å². The van der Waals surface area contributed by atoms with Crippen molar-refractivity contribution in [2.45, 2.75) is 51.4 Å². The van der Waals surface area contributed by atoms with Gasteiger partial charge < -0.3 is 15.4 Å². The molecule has 1 saturated heterocycles. The molecule has 3 unspecified atom stereocenters. The first kappa shape index (κ1) is 12.9. The lowest BCUT2D eigenvalue weighted by atomic mass is 10.0. The van der Waals surface area contributed by atoms with Crippen LogP contribution in [0.5, 0.6) is 0 Å². The number of rotatable bonds is 3. The summed E-state index contributed by atoms with van der Waals surface area (Å²) in [6.07, 6.45) is 4.39. The zero-order valence-electron chi connectivity index (χ0n) is 11.9.